The van der Waals surface area contributed by atoms with Crippen LogP contribution in [0.1, 0.15) is 39.1 Å². The van der Waals surface area contributed by atoms with E-state index in [1.165, 1.54) is 0 Å². The van der Waals surface area contributed by atoms with Crippen molar-refractivity contribution in [3.8, 4) is 11.1 Å². The highest BCUT2D eigenvalue weighted by Gasteiger charge is 2.26. The van der Waals surface area contributed by atoms with Gasteiger partial charge in [0.2, 0.25) is 0 Å². The lowest BCUT2D eigenvalue weighted by Crippen LogP contribution is -2.51. The zero-order valence-corrected chi connectivity index (χ0v) is 21.0. The molecule has 9 heteroatoms. The molecular formula is C25H35N7O2. The quantitative estimate of drug-likeness (QED) is 0.588. The van der Waals surface area contributed by atoms with Crippen LogP contribution in [0.4, 0.5) is 10.6 Å². The number of rotatable bonds is 5. The Hall–Kier alpha value is -3.20. The van der Waals surface area contributed by atoms with Crippen LogP contribution in [0.2, 0.25) is 0 Å². The lowest BCUT2D eigenvalue weighted by molar-refractivity contribution is 0.0144. The molecule has 1 aliphatic rings. The summed E-state index contributed by atoms with van der Waals surface area (Å²) >= 11 is 0. The second-order valence-corrected chi connectivity index (χ2v) is 10.0. The molecule has 0 unspecified atom stereocenters. The summed E-state index contributed by atoms with van der Waals surface area (Å²) in [5.74, 6) is 0.825. The summed E-state index contributed by atoms with van der Waals surface area (Å²) in [4.78, 5) is 25.6. The van der Waals surface area contributed by atoms with Crippen molar-refractivity contribution in [2.75, 3.05) is 38.0 Å². The summed E-state index contributed by atoms with van der Waals surface area (Å²) in [6.45, 7) is 15.7. The molecule has 3 aromatic rings. The molecule has 0 saturated carbocycles. The molecule has 1 saturated heterocycles. The average molecular weight is 466 g/mol. The SMILES string of the molecule is Cc1n[nH]c(C)c1-c1cccc2c(N[C@@H](C)CN3CCN(C(=O)OC(C)(C)C)CC3)ncnc12. The first-order valence-corrected chi connectivity index (χ1v) is 11.8. The van der Waals surface area contributed by atoms with Crippen molar-refractivity contribution >= 4 is 22.8 Å². The lowest BCUT2D eigenvalue weighted by atomic mass is 10.0. The number of aryl methyl sites for hydroxylation is 2. The van der Waals surface area contributed by atoms with E-state index in [2.05, 4.69) is 49.4 Å². The number of ether oxygens (including phenoxy) is 1. The molecule has 1 fully saturated rings. The molecular weight excluding hydrogens is 430 g/mol. The monoisotopic (exact) mass is 465 g/mol. The van der Waals surface area contributed by atoms with E-state index in [1.807, 2.05) is 40.7 Å². The van der Waals surface area contributed by atoms with Gasteiger partial charge in [0.05, 0.1) is 11.2 Å². The van der Waals surface area contributed by atoms with Crippen molar-refractivity contribution in [3.05, 3.63) is 35.9 Å². The molecule has 2 aromatic heterocycles. The molecule has 0 aliphatic carbocycles. The second kappa shape index (κ2) is 9.58. The normalized spacial score (nSPS) is 16.0. The number of hydrogen-bond donors (Lipinski definition) is 2. The lowest BCUT2D eigenvalue weighted by Gasteiger charge is -2.36. The Morgan fingerprint density at radius 1 is 1.18 bits per heavy atom. The molecule has 0 bridgehead atoms. The Kier molecular flexibility index (Phi) is 6.74. The zero-order chi connectivity index (χ0) is 24.5. The van der Waals surface area contributed by atoms with Crippen molar-refractivity contribution < 1.29 is 9.53 Å². The summed E-state index contributed by atoms with van der Waals surface area (Å²) in [5, 5.41) is 12.0. The Morgan fingerprint density at radius 2 is 1.91 bits per heavy atom. The first-order chi connectivity index (χ1) is 16.1. The van der Waals surface area contributed by atoms with Gasteiger partial charge in [0.25, 0.3) is 0 Å². The maximum absolute atomic E-state index is 12.3. The summed E-state index contributed by atoms with van der Waals surface area (Å²) < 4.78 is 5.50. The molecule has 1 amide bonds. The number of aromatic amines is 1. The van der Waals surface area contributed by atoms with Crippen molar-refractivity contribution in [3.63, 3.8) is 0 Å². The van der Waals surface area contributed by atoms with Gasteiger partial charge < -0.3 is 15.0 Å². The van der Waals surface area contributed by atoms with Crippen LogP contribution in [-0.4, -0.2) is 80.4 Å². The Bertz CT molecular complexity index is 1140. The Morgan fingerprint density at radius 3 is 2.56 bits per heavy atom. The zero-order valence-electron chi connectivity index (χ0n) is 21.0. The van der Waals surface area contributed by atoms with Crippen molar-refractivity contribution in [2.45, 2.75) is 53.2 Å². The topological polar surface area (TPSA) is 99.3 Å². The first kappa shape index (κ1) is 23.9. The van der Waals surface area contributed by atoms with Crippen LogP contribution in [0.25, 0.3) is 22.0 Å². The van der Waals surface area contributed by atoms with Gasteiger partial charge in [0.15, 0.2) is 0 Å². The van der Waals surface area contributed by atoms with Crippen LogP contribution in [0.5, 0.6) is 0 Å². The van der Waals surface area contributed by atoms with E-state index in [0.717, 1.165) is 58.9 Å². The largest absolute Gasteiger partial charge is 0.444 e. The minimum Gasteiger partial charge on any atom is -0.444 e. The number of hydrogen-bond acceptors (Lipinski definition) is 7. The van der Waals surface area contributed by atoms with E-state index in [9.17, 15) is 4.79 Å². The fourth-order valence-corrected chi connectivity index (χ4v) is 4.46. The molecule has 1 atom stereocenters. The summed E-state index contributed by atoms with van der Waals surface area (Å²) in [6, 6.07) is 6.35. The minimum absolute atomic E-state index is 0.173. The van der Waals surface area contributed by atoms with Gasteiger partial charge >= 0.3 is 6.09 Å². The standard InChI is InChI=1S/C25H35N7O2/c1-16(14-31-10-12-32(13-11-31)24(33)34-25(4,5)6)28-23-20-9-7-8-19(22(20)26-15-27-23)21-17(2)29-30-18(21)3/h7-9,15-16H,10-14H2,1-6H3,(H,29,30)(H,26,27,28)/t16-/m0/s1. The highest BCUT2D eigenvalue weighted by Crippen LogP contribution is 2.33. The van der Waals surface area contributed by atoms with Crippen molar-refractivity contribution in [1.82, 2.24) is 30.0 Å². The molecule has 4 rings (SSSR count). The number of nitrogens with zero attached hydrogens (tertiary/aromatic N) is 5. The second-order valence-electron chi connectivity index (χ2n) is 10.0. The van der Waals surface area contributed by atoms with Gasteiger partial charge in [-0.05, 0) is 47.6 Å². The number of H-pyrrole nitrogens is 1. The van der Waals surface area contributed by atoms with Crippen LogP contribution in [0, 0.1) is 13.8 Å². The van der Waals surface area contributed by atoms with E-state index < -0.39 is 5.60 Å². The number of benzene rings is 1. The Balaban J connectivity index is 1.42. The number of para-hydroxylation sites is 1. The van der Waals surface area contributed by atoms with Crippen LogP contribution in [0.3, 0.4) is 0 Å². The van der Waals surface area contributed by atoms with Gasteiger partial charge in [-0.3, -0.25) is 10.00 Å². The molecule has 1 aliphatic heterocycles. The smallest absolute Gasteiger partial charge is 0.410 e. The van der Waals surface area contributed by atoms with Crippen LogP contribution >= 0.6 is 0 Å². The fourth-order valence-electron chi connectivity index (χ4n) is 4.46. The number of piperazine rings is 1. The number of aromatic nitrogens is 4. The van der Waals surface area contributed by atoms with Crippen molar-refractivity contribution in [2.24, 2.45) is 0 Å². The molecule has 182 valence electrons. The van der Waals surface area contributed by atoms with E-state index in [1.54, 1.807) is 11.2 Å². The van der Waals surface area contributed by atoms with Gasteiger partial charge in [-0.1, -0.05) is 12.1 Å². The van der Waals surface area contributed by atoms with Gasteiger partial charge in [-0.25, -0.2) is 14.8 Å². The number of amides is 1. The van der Waals surface area contributed by atoms with Crippen LogP contribution < -0.4 is 5.32 Å². The highest BCUT2D eigenvalue weighted by atomic mass is 16.6. The van der Waals surface area contributed by atoms with Crippen LogP contribution in [0.15, 0.2) is 24.5 Å². The van der Waals surface area contributed by atoms with Gasteiger partial charge in [0, 0.05) is 61.0 Å². The molecule has 9 nitrogen and oxygen atoms in total. The Labute approximate surface area is 200 Å². The van der Waals surface area contributed by atoms with E-state index in [4.69, 9.17) is 4.74 Å². The molecule has 0 radical (unpaired) electrons. The molecule has 1 aromatic carbocycles. The third-order valence-electron chi connectivity index (χ3n) is 6.00. The van der Waals surface area contributed by atoms with Gasteiger partial charge in [-0.2, -0.15) is 5.10 Å². The first-order valence-electron chi connectivity index (χ1n) is 11.8. The number of carbonyl (C=O) groups excluding carboxylic acids is 1. The maximum Gasteiger partial charge on any atom is 0.410 e. The maximum atomic E-state index is 12.3. The summed E-state index contributed by atoms with van der Waals surface area (Å²) in [6.07, 6.45) is 1.38. The van der Waals surface area contributed by atoms with E-state index in [0.29, 0.717) is 13.1 Å². The average Bonchev–Trinajstić information content (AvgIpc) is 3.10. The number of fused-ring (bicyclic) bond motifs is 1. The van der Waals surface area contributed by atoms with Gasteiger partial charge in [0.1, 0.15) is 17.7 Å². The predicted molar refractivity (Wildman–Crippen MR) is 134 cm³/mol. The summed E-state index contributed by atoms with van der Waals surface area (Å²) in [7, 11) is 0. The minimum atomic E-state index is -0.470. The molecule has 2 N–H and O–H groups in total. The third-order valence-corrected chi connectivity index (χ3v) is 6.00. The van der Waals surface area contributed by atoms with Crippen LogP contribution in [-0.2, 0) is 4.74 Å². The highest BCUT2D eigenvalue weighted by molar-refractivity contribution is 5.99. The molecule has 34 heavy (non-hydrogen) atoms. The number of nitrogens with one attached hydrogen (secondary N) is 2. The molecule has 3 heterocycles. The number of anilines is 1. The van der Waals surface area contributed by atoms with Crippen molar-refractivity contribution in [1.29, 1.82) is 0 Å². The fraction of sp³-hybridized carbons (Fsp3) is 0.520. The predicted octanol–water partition coefficient (Wildman–Crippen LogP) is 3.99. The van der Waals surface area contributed by atoms with E-state index in [-0.39, 0.29) is 12.1 Å². The summed E-state index contributed by atoms with van der Waals surface area (Å²) in [5.41, 5.74) is 4.56. The molecule has 0 spiro atoms. The number of carbonyl (C=O) groups is 1. The third kappa shape index (κ3) is 5.30. The van der Waals surface area contributed by atoms with Gasteiger partial charge in [-0.15, -0.1) is 0 Å². The van der Waals surface area contributed by atoms with E-state index >= 15 is 0 Å².